The molecule has 0 spiro atoms. The van der Waals surface area contributed by atoms with E-state index in [4.69, 9.17) is 5.73 Å². The fraction of sp³-hybridized carbons (Fsp3) is 0.900. The van der Waals surface area contributed by atoms with Crippen LogP contribution in [-0.2, 0) is 0 Å². The van der Waals surface area contributed by atoms with Crippen molar-refractivity contribution < 1.29 is 15.0 Å². The van der Waals surface area contributed by atoms with Gasteiger partial charge in [-0.15, -0.1) is 0 Å². The van der Waals surface area contributed by atoms with Gasteiger partial charge in [0.25, 0.3) is 0 Å². The van der Waals surface area contributed by atoms with E-state index in [1.807, 2.05) is 11.8 Å². The maximum atomic E-state index is 10.8. The first-order chi connectivity index (χ1) is 7.50. The van der Waals surface area contributed by atoms with Crippen LogP contribution in [0.15, 0.2) is 0 Å². The Hall–Kier alpha value is -0.850. The Morgan fingerprint density at radius 3 is 2.81 bits per heavy atom. The first-order valence-electron chi connectivity index (χ1n) is 5.67. The molecule has 6 heteroatoms. The van der Waals surface area contributed by atoms with E-state index < -0.39 is 18.2 Å². The number of hydrogen-bond acceptors (Lipinski definition) is 4. The standard InChI is InChI=1S/C10H19N3O3/c1-5-6(12-10(11)16)4-13-3-2-7(14)8(13)9(5)15/h5-9,14-15H,2-4H2,1H3,(H3,11,12,16)/t5-,6+,7+,8?,9+/m1/s1. The molecule has 1 unspecified atom stereocenters. The van der Waals surface area contributed by atoms with Crippen molar-refractivity contribution in [2.24, 2.45) is 11.7 Å². The second-order valence-electron chi connectivity index (χ2n) is 4.81. The molecular formula is C10H19N3O3. The summed E-state index contributed by atoms with van der Waals surface area (Å²) in [5.74, 6) is -0.0958. The van der Waals surface area contributed by atoms with Gasteiger partial charge in [0.05, 0.1) is 18.2 Å². The predicted octanol–water partition coefficient (Wildman–Crippen LogP) is -1.53. The zero-order valence-corrected chi connectivity index (χ0v) is 9.34. The predicted molar refractivity (Wildman–Crippen MR) is 57.7 cm³/mol. The number of nitrogens with zero attached hydrogens (tertiary/aromatic N) is 1. The lowest BCUT2D eigenvalue weighted by atomic mass is 9.85. The first-order valence-corrected chi connectivity index (χ1v) is 5.67. The number of fused-ring (bicyclic) bond motifs is 1. The molecule has 6 nitrogen and oxygen atoms in total. The van der Waals surface area contributed by atoms with Gasteiger partial charge in [0, 0.05) is 25.0 Å². The summed E-state index contributed by atoms with van der Waals surface area (Å²) in [5, 5.41) is 22.5. The summed E-state index contributed by atoms with van der Waals surface area (Å²) in [6.07, 6.45) is -0.410. The third kappa shape index (κ3) is 1.88. The zero-order valence-electron chi connectivity index (χ0n) is 9.34. The lowest BCUT2D eigenvalue weighted by Crippen LogP contribution is -2.62. The quantitative estimate of drug-likeness (QED) is 0.438. The van der Waals surface area contributed by atoms with E-state index in [9.17, 15) is 15.0 Å². The molecule has 2 amide bonds. The number of nitrogens with one attached hydrogen (secondary N) is 1. The van der Waals surface area contributed by atoms with Gasteiger partial charge in [-0.2, -0.15) is 0 Å². The second-order valence-corrected chi connectivity index (χ2v) is 4.81. The van der Waals surface area contributed by atoms with Crippen LogP contribution in [0.2, 0.25) is 0 Å². The number of nitrogens with two attached hydrogens (primary N) is 1. The summed E-state index contributed by atoms with van der Waals surface area (Å²) in [7, 11) is 0. The number of rotatable bonds is 1. The van der Waals surface area contributed by atoms with Gasteiger partial charge in [-0.1, -0.05) is 6.92 Å². The summed E-state index contributed by atoms with van der Waals surface area (Å²) < 4.78 is 0. The van der Waals surface area contributed by atoms with Crippen LogP contribution in [0.5, 0.6) is 0 Å². The average molecular weight is 229 g/mol. The van der Waals surface area contributed by atoms with Crippen LogP contribution in [0.3, 0.4) is 0 Å². The molecule has 2 aliphatic rings. The summed E-state index contributed by atoms with van der Waals surface area (Å²) >= 11 is 0. The monoisotopic (exact) mass is 229 g/mol. The van der Waals surface area contributed by atoms with Gasteiger partial charge in [0.2, 0.25) is 0 Å². The largest absolute Gasteiger partial charge is 0.391 e. The van der Waals surface area contributed by atoms with Gasteiger partial charge in [-0.05, 0) is 6.42 Å². The molecule has 92 valence electrons. The molecular weight excluding hydrogens is 210 g/mol. The molecule has 2 saturated heterocycles. The Morgan fingerprint density at radius 1 is 1.50 bits per heavy atom. The highest BCUT2D eigenvalue weighted by molar-refractivity contribution is 5.72. The molecule has 0 radical (unpaired) electrons. The first kappa shape index (κ1) is 11.6. The molecule has 5 N–H and O–H groups in total. The maximum Gasteiger partial charge on any atom is 0.312 e. The Labute approximate surface area is 94.4 Å². The summed E-state index contributed by atoms with van der Waals surface area (Å²) in [6, 6.07) is -0.905. The third-order valence-electron chi connectivity index (χ3n) is 3.81. The lowest BCUT2D eigenvalue weighted by Gasteiger charge is -2.43. The number of urea groups is 1. The number of carbonyl (C=O) groups is 1. The van der Waals surface area contributed by atoms with Crippen LogP contribution >= 0.6 is 0 Å². The molecule has 2 fully saturated rings. The number of carbonyl (C=O) groups excluding carboxylic acids is 1. The van der Waals surface area contributed by atoms with E-state index in [1.165, 1.54) is 0 Å². The Kier molecular flexibility index (Phi) is 3.05. The Balaban J connectivity index is 2.09. The van der Waals surface area contributed by atoms with Crippen LogP contribution in [-0.4, -0.2) is 58.5 Å². The number of hydrogen-bond donors (Lipinski definition) is 4. The zero-order chi connectivity index (χ0) is 11.9. The van der Waals surface area contributed by atoms with Crippen LogP contribution in [0.25, 0.3) is 0 Å². The van der Waals surface area contributed by atoms with E-state index in [0.717, 1.165) is 6.54 Å². The van der Waals surface area contributed by atoms with E-state index in [2.05, 4.69) is 5.32 Å². The normalized spacial score (nSPS) is 44.1. The highest BCUT2D eigenvalue weighted by atomic mass is 16.3. The highest BCUT2D eigenvalue weighted by Crippen LogP contribution is 2.31. The van der Waals surface area contributed by atoms with Crippen LogP contribution in [0, 0.1) is 5.92 Å². The fourth-order valence-corrected chi connectivity index (χ4v) is 2.85. The van der Waals surface area contributed by atoms with Crippen molar-refractivity contribution in [1.82, 2.24) is 10.2 Å². The van der Waals surface area contributed by atoms with Gasteiger partial charge in [-0.3, -0.25) is 4.90 Å². The lowest BCUT2D eigenvalue weighted by molar-refractivity contribution is -0.0537. The van der Waals surface area contributed by atoms with E-state index in [-0.39, 0.29) is 18.0 Å². The maximum absolute atomic E-state index is 10.8. The Morgan fingerprint density at radius 2 is 2.19 bits per heavy atom. The Bertz CT molecular complexity index is 286. The van der Waals surface area contributed by atoms with E-state index >= 15 is 0 Å². The molecule has 0 aromatic heterocycles. The van der Waals surface area contributed by atoms with Crippen molar-refractivity contribution >= 4 is 6.03 Å². The van der Waals surface area contributed by atoms with Gasteiger partial charge < -0.3 is 21.3 Å². The van der Waals surface area contributed by atoms with Crippen molar-refractivity contribution in [1.29, 1.82) is 0 Å². The fourth-order valence-electron chi connectivity index (χ4n) is 2.85. The van der Waals surface area contributed by atoms with Crippen LogP contribution in [0.4, 0.5) is 4.79 Å². The number of aliphatic hydroxyl groups is 2. The van der Waals surface area contributed by atoms with Gasteiger partial charge >= 0.3 is 6.03 Å². The van der Waals surface area contributed by atoms with Gasteiger partial charge in [0.1, 0.15) is 0 Å². The summed E-state index contributed by atoms with van der Waals surface area (Å²) in [5.41, 5.74) is 5.10. The van der Waals surface area contributed by atoms with Crippen molar-refractivity contribution in [3.63, 3.8) is 0 Å². The molecule has 2 heterocycles. The minimum absolute atomic E-state index is 0.0958. The van der Waals surface area contributed by atoms with Crippen molar-refractivity contribution in [2.75, 3.05) is 13.1 Å². The smallest absolute Gasteiger partial charge is 0.312 e. The third-order valence-corrected chi connectivity index (χ3v) is 3.81. The van der Waals surface area contributed by atoms with E-state index in [0.29, 0.717) is 13.0 Å². The number of aliphatic hydroxyl groups excluding tert-OH is 2. The molecule has 2 rings (SSSR count). The molecule has 0 aromatic carbocycles. The molecule has 5 atom stereocenters. The minimum Gasteiger partial charge on any atom is -0.391 e. The molecule has 16 heavy (non-hydrogen) atoms. The molecule has 0 aliphatic carbocycles. The molecule has 0 saturated carbocycles. The molecule has 0 bridgehead atoms. The van der Waals surface area contributed by atoms with Crippen molar-refractivity contribution in [3.05, 3.63) is 0 Å². The molecule has 0 aromatic rings. The summed E-state index contributed by atoms with van der Waals surface area (Å²) in [6.45, 7) is 3.27. The highest BCUT2D eigenvalue weighted by Gasteiger charge is 2.47. The number of piperidine rings is 1. The topological polar surface area (TPSA) is 98.8 Å². The van der Waals surface area contributed by atoms with Crippen molar-refractivity contribution in [3.8, 4) is 0 Å². The van der Waals surface area contributed by atoms with Crippen molar-refractivity contribution in [2.45, 2.75) is 37.6 Å². The minimum atomic E-state index is -0.622. The van der Waals surface area contributed by atoms with Crippen LogP contribution in [0.1, 0.15) is 13.3 Å². The number of amides is 2. The van der Waals surface area contributed by atoms with Crippen LogP contribution < -0.4 is 11.1 Å². The van der Waals surface area contributed by atoms with E-state index in [1.54, 1.807) is 0 Å². The average Bonchev–Trinajstić information content (AvgIpc) is 2.55. The molecule has 2 aliphatic heterocycles. The second kappa shape index (κ2) is 4.20. The van der Waals surface area contributed by atoms with Gasteiger partial charge in [0.15, 0.2) is 0 Å². The SMILES string of the molecule is C[C@@H]1[C@@H](NC(N)=O)CN2CC[C@H](O)C2[C@H]1O. The van der Waals surface area contributed by atoms with Gasteiger partial charge in [-0.25, -0.2) is 4.79 Å². The number of primary amides is 1. The summed E-state index contributed by atoms with van der Waals surface area (Å²) in [4.78, 5) is 12.9.